The number of furan rings is 1. The summed E-state index contributed by atoms with van der Waals surface area (Å²) in [5, 5.41) is 5.16. The van der Waals surface area contributed by atoms with Crippen LogP contribution in [0.5, 0.6) is 5.75 Å². The topological polar surface area (TPSA) is 68.5 Å². The smallest absolute Gasteiger partial charge is 0.308 e. The van der Waals surface area contributed by atoms with Crippen molar-refractivity contribution in [3.8, 4) is 5.75 Å². The normalized spacial score (nSPS) is 11.0. The van der Waals surface area contributed by atoms with E-state index in [4.69, 9.17) is 9.15 Å². The van der Waals surface area contributed by atoms with Gasteiger partial charge in [-0.2, -0.15) is 0 Å². The molecule has 1 amide bonds. The molecule has 1 heterocycles. The Bertz CT molecular complexity index is 955. The highest BCUT2D eigenvalue weighted by molar-refractivity contribution is 6.16. The Morgan fingerprint density at radius 3 is 2.56 bits per heavy atom. The van der Waals surface area contributed by atoms with Gasteiger partial charge in [0.25, 0.3) is 5.91 Å². The standard InChI is InChI=1S/C20H21NO4/c1-4-5-10-21-20(23)18-12(2)24-19-15-9-7-6-8-14(15)17(11-16(18)19)25-13(3)22/h6-9,11H,4-5,10H2,1-3H3,(H,21,23). The molecule has 0 aliphatic heterocycles. The van der Waals surface area contributed by atoms with Gasteiger partial charge >= 0.3 is 5.97 Å². The van der Waals surface area contributed by atoms with Crippen LogP contribution in [-0.2, 0) is 4.79 Å². The molecule has 1 N–H and O–H groups in total. The number of carbonyl (C=O) groups excluding carboxylic acids is 2. The number of amides is 1. The number of benzene rings is 2. The van der Waals surface area contributed by atoms with Gasteiger partial charge in [0.1, 0.15) is 17.1 Å². The SMILES string of the molecule is CCCCNC(=O)c1c(C)oc2c1cc(OC(C)=O)c1ccccc12. The summed E-state index contributed by atoms with van der Waals surface area (Å²) in [6, 6.07) is 9.23. The second-order valence-electron chi connectivity index (χ2n) is 6.03. The number of hydrogen-bond donors (Lipinski definition) is 1. The molecule has 0 aliphatic rings. The van der Waals surface area contributed by atoms with Gasteiger partial charge in [-0.05, 0) is 19.4 Å². The Hall–Kier alpha value is -2.82. The Kier molecular flexibility index (Phi) is 4.74. The van der Waals surface area contributed by atoms with Crippen molar-refractivity contribution >= 4 is 33.6 Å². The first-order chi connectivity index (χ1) is 12.0. The second-order valence-corrected chi connectivity index (χ2v) is 6.03. The fraction of sp³-hybridized carbons (Fsp3) is 0.300. The van der Waals surface area contributed by atoms with Gasteiger partial charge in [-0.3, -0.25) is 9.59 Å². The van der Waals surface area contributed by atoms with Crippen LogP contribution in [0.3, 0.4) is 0 Å². The fourth-order valence-electron chi connectivity index (χ4n) is 2.99. The molecule has 5 heteroatoms. The van der Waals surface area contributed by atoms with Crippen molar-refractivity contribution in [2.45, 2.75) is 33.6 Å². The third-order valence-electron chi connectivity index (χ3n) is 4.13. The lowest BCUT2D eigenvalue weighted by Gasteiger charge is -2.08. The first-order valence-electron chi connectivity index (χ1n) is 8.44. The van der Waals surface area contributed by atoms with Crippen molar-refractivity contribution in [2.75, 3.05) is 6.54 Å². The van der Waals surface area contributed by atoms with Crippen LogP contribution in [-0.4, -0.2) is 18.4 Å². The summed E-state index contributed by atoms with van der Waals surface area (Å²) in [6.07, 6.45) is 1.93. The van der Waals surface area contributed by atoms with Gasteiger partial charge in [0.05, 0.1) is 5.56 Å². The molecule has 3 rings (SSSR count). The molecule has 0 atom stereocenters. The predicted octanol–water partition coefficient (Wildman–Crippen LogP) is 4.35. The molecule has 0 spiro atoms. The lowest BCUT2D eigenvalue weighted by molar-refractivity contribution is -0.131. The summed E-state index contributed by atoms with van der Waals surface area (Å²) >= 11 is 0. The monoisotopic (exact) mass is 339 g/mol. The lowest BCUT2D eigenvalue weighted by Crippen LogP contribution is -2.24. The van der Waals surface area contributed by atoms with Crippen LogP contribution in [0.25, 0.3) is 21.7 Å². The van der Waals surface area contributed by atoms with E-state index in [1.807, 2.05) is 24.3 Å². The van der Waals surface area contributed by atoms with Gasteiger partial charge in [-0.25, -0.2) is 0 Å². The second kappa shape index (κ2) is 6.97. The first-order valence-corrected chi connectivity index (χ1v) is 8.44. The maximum atomic E-state index is 12.6. The van der Waals surface area contributed by atoms with E-state index in [-0.39, 0.29) is 5.91 Å². The van der Waals surface area contributed by atoms with Gasteiger partial charge in [-0.15, -0.1) is 0 Å². The minimum atomic E-state index is -0.404. The summed E-state index contributed by atoms with van der Waals surface area (Å²) in [7, 11) is 0. The average molecular weight is 339 g/mol. The number of carbonyl (C=O) groups is 2. The fourth-order valence-corrected chi connectivity index (χ4v) is 2.99. The molecular weight excluding hydrogens is 318 g/mol. The zero-order chi connectivity index (χ0) is 18.0. The van der Waals surface area contributed by atoms with E-state index in [1.165, 1.54) is 6.92 Å². The highest BCUT2D eigenvalue weighted by atomic mass is 16.5. The van der Waals surface area contributed by atoms with E-state index < -0.39 is 5.97 Å². The molecule has 2 aromatic carbocycles. The third-order valence-corrected chi connectivity index (χ3v) is 4.13. The minimum absolute atomic E-state index is 0.172. The van der Waals surface area contributed by atoms with Crippen LogP contribution in [0, 0.1) is 6.92 Å². The van der Waals surface area contributed by atoms with E-state index in [9.17, 15) is 9.59 Å². The molecule has 130 valence electrons. The van der Waals surface area contributed by atoms with Crippen molar-refractivity contribution in [2.24, 2.45) is 0 Å². The van der Waals surface area contributed by atoms with E-state index in [0.29, 0.717) is 34.6 Å². The number of ether oxygens (including phenoxy) is 1. The van der Waals surface area contributed by atoms with Crippen LogP contribution in [0.2, 0.25) is 0 Å². The molecule has 0 radical (unpaired) electrons. The number of aryl methyl sites for hydroxylation is 1. The maximum Gasteiger partial charge on any atom is 0.308 e. The molecule has 0 bridgehead atoms. The summed E-state index contributed by atoms with van der Waals surface area (Å²) in [5.41, 5.74) is 1.12. The van der Waals surface area contributed by atoms with Gasteiger partial charge in [0.2, 0.25) is 0 Å². The molecule has 0 aliphatic carbocycles. The van der Waals surface area contributed by atoms with Gasteiger partial charge in [0.15, 0.2) is 0 Å². The molecule has 1 aromatic heterocycles. The molecule has 25 heavy (non-hydrogen) atoms. The number of rotatable bonds is 5. The van der Waals surface area contributed by atoms with Crippen LogP contribution in [0.1, 0.15) is 42.8 Å². The predicted molar refractivity (Wildman–Crippen MR) is 97.0 cm³/mol. The zero-order valence-corrected chi connectivity index (χ0v) is 14.6. The molecule has 0 saturated heterocycles. The van der Waals surface area contributed by atoms with Crippen LogP contribution >= 0.6 is 0 Å². The van der Waals surface area contributed by atoms with E-state index in [2.05, 4.69) is 12.2 Å². The maximum absolute atomic E-state index is 12.6. The summed E-state index contributed by atoms with van der Waals surface area (Å²) < 4.78 is 11.3. The summed E-state index contributed by atoms with van der Waals surface area (Å²) in [6.45, 7) is 5.82. The van der Waals surface area contributed by atoms with Crippen LogP contribution < -0.4 is 10.1 Å². The third kappa shape index (κ3) is 3.22. The minimum Gasteiger partial charge on any atom is -0.460 e. The number of nitrogens with one attached hydrogen (secondary N) is 1. The number of fused-ring (bicyclic) bond motifs is 3. The Morgan fingerprint density at radius 2 is 1.88 bits per heavy atom. The molecule has 5 nitrogen and oxygen atoms in total. The van der Waals surface area contributed by atoms with E-state index in [1.54, 1.807) is 13.0 Å². The Labute approximate surface area is 145 Å². The van der Waals surface area contributed by atoms with Crippen molar-refractivity contribution in [3.05, 3.63) is 41.7 Å². The van der Waals surface area contributed by atoms with Crippen molar-refractivity contribution in [1.29, 1.82) is 0 Å². The van der Waals surface area contributed by atoms with Crippen molar-refractivity contribution in [1.82, 2.24) is 5.32 Å². The molecule has 0 saturated carbocycles. The summed E-state index contributed by atoms with van der Waals surface area (Å²) in [5.74, 6) is 0.403. The Balaban J connectivity index is 2.19. The van der Waals surface area contributed by atoms with Crippen molar-refractivity contribution < 1.29 is 18.7 Å². The number of unbranched alkanes of at least 4 members (excludes halogenated alkanes) is 1. The van der Waals surface area contributed by atoms with Crippen LogP contribution in [0.15, 0.2) is 34.7 Å². The highest BCUT2D eigenvalue weighted by Gasteiger charge is 2.21. The van der Waals surface area contributed by atoms with Gasteiger partial charge < -0.3 is 14.5 Å². The highest BCUT2D eigenvalue weighted by Crippen LogP contribution is 2.37. The molecule has 0 unspecified atom stereocenters. The summed E-state index contributed by atoms with van der Waals surface area (Å²) in [4.78, 5) is 24.1. The first kappa shape index (κ1) is 17.0. The molecule has 0 fully saturated rings. The van der Waals surface area contributed by atoms with Crippen LogP contribution in [0.4, 0.5) is 0 Å². The zero-order valence-electron chi connectivity index (χ0n) is 14.6. The van der Waals surface area contributed by atoms with Crippen molar-refractivity contribution in [3.63, 3.8) is 0 Å². The van der Waals surface area contributed by atoms with Gasteiger partial charge in [-0.1, -0.05) is 37.6 Å². The van der Waals surface area contributed by atoms with Gasteiger partial charge in [0, 0.05) is 29.6 Å². The number of esters is 1. The average Bonchev–Trinajstić information content (AvgIpc) is 2.91. The largest absolute Gasteiger partial charge is 0.460 e. The van der Waals surface area contributed by atoms with E-state index in [0.717, 1.165) is 23.6 Å². The quantitative estimate of drug-likeness (QED) is 0.426. The number of hydrogen-bond acceptors (Lipinski definition) is 4. The lowest BCUT2D eigenvalue weighted by atomic mass is 10.0. The Morgan fingerprint density at radius 1 is 1.16 bits per heavy atom. The van der Waals surface area contributed by atoms with E-state index >= 15 is 0 Å². The molecular formula is C20H21NO4. The molecule has 3 aromatic rings.